The second-order valence-corrected chi connectivity index (χ2v) is 4.12. The van der Waals surface area contributed by atoms with Gasteiger partial charge in [0.15, 0.2) is 0 Å². The van der Waals surface area contributed by atoms with Gasteiger partial charge in [-0.1, -0.05) is 6.07 Å². The molecule has 1 amide bonds. The first-order valence-electron chi connectivity index (χ1n) is 5.65. The zero-order valence-electron chi connectivity index (χ0n) is 10.3. The van der Waals surface area contributed by atoms with Crippen LogP contribution in [0.3, 0.4) is 0 Å². The molecule has 5 heteroatoms. The van der Waals surface area contributed by atoms with Gasteiger partial charge in [-0.15, -0.1) is 0 Å². The molecule has 5 nitrogen and oxygen atoms in total. The van der Waals surface area contributed by atoms with E-state index in [4.69, 9.17) is 0 Å². The van der Waals surface area contributed by atoms with E-state index in [1.54, 1.807) is 25.4 Å². The molecule has 94 valence electrons. The van der Waals surface area contributed by atoms with Crippen molar-refractivity contribution in [3.8, 4) is 5.75 Å². The maximum atomic E-state index is 11.9. The third-order valence-electron chi connectivity index (χ3n) is 2.92. The van der Waals surface area contributed by atoms with E-state index in [9.17, 15) is 9.90 Å². The second-order valence-electron chi connectivity index (χ2n) is 4.12. The number of hydrogen-bond donors (Lipinski definition) is 3. The predicted molar refractivity (Wildman–Crippen MR) is 67.3 cm³/mol. The lowest BCUT2D eigenvalue weighted by Crippen LogP contribution is -2.23. The first kappa shape index (κ1) is 12.2. The summed E-state index contributed by atoms with van der Waals surface area (Å²) in [5, 5.41) is 12.6. The Kier molecular flexibility index (Phi) is 3.32. The largest absolute Gasteiger partial charge is 0.507 e. The lowest BCUT2D eigenvalue weighted by atomic mass is 10.0. The Hall–Kier alpha value is -2.30. The molecule has 1 aromatic heterocycles. The molecule has 3 N–H and O–H groups in total. The van der Waals surface area contributed by atoms with Crippen molar-refractivity contribution in [1.82, 2.24) is 15.3 Å². The summed E-state index contributed by atoms with van der Waals surface area (Å²) in [7, 11) is 0. The maximum Gasteiger partial charge on any atom is 0.255 e. The van der Waals surface area contributed by atoms with Gasteiger partial charge in [-0.2, -0.15) is 0 Å². The lowest BCUT2D eigenvalue weighted by Gasteiger charge is -2.09. The van der Waals surface area contributed by atoms with Gasteiger partial charge >= 0.3 is 0 Å². The van der Waals surface area contributed by atoms with Crippen LogP contribution < -0.4 is 5.32 Å². The van der Waals surface area contributed by atoms with E-state index in [1.165, 1.54) is 0 Å². The standard InChI is InChI=1S/C13H15N3O2/c1-8-3-4-10(12(17)9(8)2)13(18)16-7-11-14-5-6-15-11/h3-6,17H,7H2,1-2H3,(H,14,15)(H,16,18). The molecule has 0 spiro atoms. The topological polar surface area (TPSA) is 78.0 Å². The molecule has 2 rings (SSSR count). The fourth-order valence-electron chi connectivity index (χ4n) is 1.64. The van der Waals surface area contributed by atoms with Gasteiger partial charge in [0.2, 0.25) is 0 Å². The number of carbonyl (C=O) groups is 1. The number of phenolic OH excluding ortho intramolecular Hbond substituents is 1. The summed E-state index contributed by atoms with van der Waals surface area (Å²) in [5.74, 6) is 0.394. The summed E-state index contributed by atoms with van der Waals surface area (Å²) in [6.45, 7) is 3.98. The van der Waals surface area contributed by atoms with Crippen molar-refractivity contribution in [1.29, 1.82) is 0 Å². The monoisotopic (exact) mass is 245 g/mol. The minimum Gasteiger partial charge on any atom is -0.507 e. The summed E-state index contributed by atoms with van der Waals surface area (Å²) >= 11 is 0. The Balaban J connectivity index is 2.12. The van der Waals surface area contributed by atoms with Crippen LogP contribution in [-0.4, -0.2) is 21.0 Å². The zero-order valence-corrected chi connectivity index (χ0v) is 10.3. The molecule has 0 aliphatic carbocycles. The van der Waals surface area contributed by atoms with Crippen LogP contribution in [0.1, 0.15) is 27.3 Å². The minimum atomic E-state index is -0.313. The highest BCUT2D eigenvalue weighted by Gasteiger charge is 2.13. The van der Waals surface area contributed by atoms with Crippen molar-refractivity contribution in [3.05, 3.63) is 47.0 Å². The predicted octanol–water partition coefficient (Wildman–Crippen LogP) is 1.66. The first-order valence-corrected chi connectivity index (χ1v) is 5.65. The Labute approximate surface area is 105 Å². The first-order chi connectivity index (χ1) is 8.59. The van der Waals surface area contributed by atoms with E-state index in [2.05, 4.69) is 15.3 Å². The van der Waals surface area contributed by atoms with Gasteiger partial charge in [0, 0.05) is 12.4 Å². The number of amides is 1. The minimum absolute atomic E-state index is 0.0342. The number of aromatic nitrogens is 2. The van der Waals surface area contributed by atoms with E-state index in [1.807, 2.05) is 13.0 Å². The third-order valence-corrected chi connectivity index (χ3v) is 2.92. The Morgan fingerprint density at radius 1 is 1.44 bits per heavy atom. The van der Waals surface area contributed by atoms with Gasteiger partial charge in [-0.25, -0.2) is 4.98 Å². The Morgan fingerprint density at radius 3 is 2.89 bits per heavy atom. The molecule has 1 heterocycles. The number of benzene rings is 1. The van der Waals surface area contributed by atoms with Crippen molar-refractivity contribution in [2.24, 2.45) is 0 Å². The SMILES string of the molecule is Cc1ccc(C(=O)NCc2ncc[nH]2)c(O)c1C. The number of rotatable bonds is 3. The molecule has 18 heavy (non-hydrogen) atoms. The number of H-pyrrole nitrogens is 1. The quantitative estimate of drug-likeness (QED) is 0.769. The molecule has 0 radical (unpaired) electrons. The maximum absolute atomic E-state index is 11.9. The molecule has 0 saturated heterocycles. The highest BCUT2D eigenvalue weighted by Crippen LogP contribution is 2.24. The molecule has 0 fully saturated rings. The number of nitrogens with one attached hydrogen (secondary N) is 2. The van der Waals surface area contributed by atoms with Crippen LogP contribution in [0.4, 0.5) is 0 Å². The van der Waals surface area contributed by atoms with Crippen LogP contribution in [0.15, 0.2) is 24.5 Å². The molecule has 0 atom stereocenters. The number of carbonyl (C=O) groups excluding carboxylic acids is 1. The molecule has 0 saturated carbocycles. The molecular weight excluding hydrogens is 230 g/mol. The van der Waals surface area contributed by atoms with Gasteiger partial charge in [-0.05, 0) is 31.0 Å². The Morgan fingerprint density at radius 2 is 2.22 bits per heavy atom. The number of hydrogen-bond acceptors (Lipinski definition) is 3. The molecule has 0 aliphatic heterocycles. The molecule has 0 aliphatic rings. The zero-order chi connectivity index (χ0) is 13.1. The van der Waals surface area contributed by atoms with Crippen LogP contribution in [-0.2, 0) is 6.54 Å². The average Bonchev–Trinajstić information content (AvgIpc) is 2.86. The number of aromatic hydroxyl groups is 1. The molecular formula is C13H15N3O2. The van der Waals surface area contributed by atoms with Crippen LogP contribution >= 0.6 is 0 Å². The third kappa shape index (κ3) is 2.34. The summed E-state index contributed by atoms with van der Waals surface area (Å²) in [4.78, 5) is 18.8. The number of aryl methyl sites for hydroxylation is 1. The van der Waals surface area contributed by atoms with Crippen LogP contribution in [0.2, 0.25) is 0 Å². The van der Waals surface area contributed by atoms with Crippen molar-refractivity contribution in [2.45, 2.75) is 20.4 Å². The van der Waals surface area contributed by atoms with Gasteiger partial charge in [0.05, 0.1) is 12.1 Å². The molecule has 2 aromatic rings. The molecule has 1 aromatic carbocycles. The summed E-state index contributed by atoms with van der Waals surface area (Å²) in [6, 6.07) is 3.44. The van der Waals surface area contributed by atoms with E-state index in [0.29, 0.717) is 12.4 Å². The van der Waals surface area contributed by atoms with Gasteiger partial charge < -0.3 is 15.4 Å². The highest BCUT2D eigenvalue weighted by molar-refractivity contribution is 5.97. The average molecular weight is 245 g/mol. The van der Waals surface area contributed by atoms with Crippen molar-refractivity contribution in [3.63, 3.8) is 0 Å². The van der Waals surface area contributed by atoms with Gasteiger partial charge in [-0.3, -0.25) is 4.79 Å². The fourth-order valence-corrected chi connectivity index (χ4v) is 1.64. The summed E-state index contributed by atoms with van der Waals surface area (Å²) < 4.78 is 0. The van der Waals surface area contributed by atoms with Gasteiger partial charge in [0.25, 0.3) is 5.91 Å². The van der Waals surface area contributed by atoms with Crippen LogP contribution in [0.25, 0.3) is 0 Å². The lowest BCUT2D eigenvalue weighted by molar-refractivity contribution is 0.0947. The number of nitrogens with zero attached hydrogens (tertiary/aromatic N) is 1. The fraction of sp³-hybridized carbons (Fsp3) is 0.231. The van der Waals surface area contributed by atoms with Crippen LogP contribution in [0, 0.1) is 13.8 Å². The number of imidazole rings is 1. The normalized spacial score (nSPS) is 10.3. The Bertz CT molecular complexity index is 562. The highest BCUT2D eigenvalue weighted by atomic mass is 16.3. The summed E-state index contributed by atoms with van der Waals surface area (Å²) in [5.41, 5.74) is 1.96. The van der Waals surface area contributed by atoms with Crippen molar-refractivity contribution >= 4 is 5.91 Å². The smallest absolute Gasteiger partial charge is 0.255 e. The van der Waals surface area contributed by atoms with E-state index >= 15 is 0 Å². The van der Waals surface area contributed by atoms with E-state index < -0.39 is 0 Å². The summed E-state index contributed by atoms with van der Waals surface area (Å²) in [6.07, 6.45) is 3.31. The van der Waals surface area contributed by atoms with E-state index in [-0.39, 0.29) is 17.2 Å². The van der Waals surface area contributed by atoms with Gasteiger partial charge in [0.1, 0.15) is 11.6 Å². The molecule has 0 unspecified atom stereocenters. The number of phenols is 1. The molecule has 0 bridgehead atoms. The van der Waals surface area contributed by atoms with Crippen LogP contribution in [0.5, 0.6) is 5.75 Å². The van der Waals surface area contributed by atoms with Crippen molar-refractivity contribution in [2.75, 3.05) is 0 Å². The van der Waals surface area contributed by atoms with E-state index in [0.717, 1.165) is 11.1 Å². The number of aromatic amines is 1. The van der Waals surface area contributed by atoms with Crippen molar-refractivity contribution < 1.29 is 9.90 Å². The second kappa shape index (κ2) is 4.91.